The number of nitrogens with zero attached hydrogens (tertiary/aromatic N) is 3. The highest BCUT2D eigenvalue weighted by Crippen LogP contribution is 2.03. The van der Waals surface area contributed by atoms with E-state index in [0.717, 1.165) is 5.56 Å². The van der Waals surface area contributed by atoms with Crippen LogP contribution in [0.4, 0.5) is 4.79 Å². The van der Waals surface area contributed by atoms with Crippen molar-refractivity contribution in [3.8, 4) is 0 Å². The summed E-state index contributed by atoms with van der Waals surface area (Å²) in [5.41, 5.74) is 1.08. The Kier molecular flexibility index (Phi) is 6.82. The Bertz CT molecular complexity index is 628. The topological polar surface area (TPSA) is 79.3 Å². The second kappa shape index (κ2) is 9.34. The lowest BCUT2D eigenvalue weighted by molar-refractivity contribution is -0.130. The molecule has 2 N–H and O–H groups in total. The third-order valence-electron chi connectivity index (χ3n) is 3.53. The van der Waals surface area contributed by atoms with E-state index in [0.29, 0.717) is 26.2 Å². The predicted molar refractivity (Wildman–Crippen MR) is 91.2 cm³/mol. The number of urea groups is 1. The quantitative estimate of drug-likeness (QED) is 0.764. The molecule has 2 aromatic rings. The van der Waals surface area contributed by atoms with E-state index in [1.54, 1.807) is 24.5 Å². The lowest BCUT2D eigenvalue weighted by Crippen LogP contribution is -2.39. The molecule has 7 heteroatoms. The van der Waals surface area contributed by atoms with Crippen LogP contribution in [0.3, 0.4) is 0 Å². The number of imidazole rings is 1. The van der Waals surface area contributed by atoms with E-state index in [1.807, 2.05) is 41.1 Å². The molecule has 1 aromatic heterocycles. The molecule has 0 aliphatic carbocycles. The third kappa shape index (κ3) is 6.12. The van der Waals surface area contributed by atoms with Gasteiger partial charge >= 0.3 is 6.03 Å². The summed E-state index contributed by atoms with van der Waals surface area (Å²) in [7, 11) is 1.76. The summed E-state index contributed by atoms with van der Waals surface area (Å²) in [6, 6.07) is 9.53. The molecule has 0 aliphatic heterocycles. The Labute approximate surface area is 141 Å². The first-order chi connectivity index (χ1) is 11.6. The zero-order chi connectivity index (χ0) is 17.2. The van der Waals surface area contributed by atoms with E-state index in [1.165, 1.54) is 0 Å². The lowest BCUT2D eigenvalue weighted by atomic mass is 10.2. The number of hydrogen-bond acceptors (Lipinski definition) is 3. The first-order valence-corrected chi connectivity index (χ1v) is 7.90. The normalized spacial score (nSPS) is 10.2. The van der Waals surface area contributed by atoms with Crippen LogP contribution in [0.1, 0.15) is 12.0 Å². The molecule has 0 fully saturated rings. The molecule has 0 saturated heterocycles. The molecule has 128 valence electrons. The Balaban J connectivity index is 1.58. The molecule has 3 amide bonds. The highest BCUT2D eigenvalue weighted by Gasteiger charge is 2.09. The van der Waals surface area contributed by atoms with Crippen molar-refractivity contribution in [3.63, 3.8) is 0 Å². The van der Waals surface area contributed by atoms with E-state index in [2.05, 4.69) is 15.6 Å². The minimum Gasteiger partial charge on any atom is -0.341 e. The maximum Gasteiger partial charge on any atom is 0.314 e. The lowest BCUT2D eigenvalue weighted by Gasteiger charge is -2.17. The van der Waals surface area contributed by atoms with E-state index >= 15 is 0 Å². The van der Waals surface area contributed by atoms with Crippen molar-refractivity contribution in [2.24, 2.45) is 0 Å². The zero-order valence-corrected chi connectivity index (χ0v) is 13.8. The maximum atomic E-state index is 12.0. The van der Waals surface area contributed by atoms with E-state index in [9.17, 15) is 9.59 Å². The average molecular weight is 329 g/mol. The Morgan fingerprint density at radius 3 is 2.62 bits per heavy atom. The zero-order valence-electron chi connectivity index (χ0n) is 13.8. The molecular formula is C17H23N5O2. The number of carbonyl (C=O) groups excluding carboxylic acids is 2. The van der Waals surface area contributed by atoms with Crippen molar-refractivity contribution in [3.05, 3.63) is 54.6 Å². The maximum absolute atomic E-state index is 12.0. The minimum absolute atomic E-state index is 0.00225. The number of nitrogens with one attached hydrogen (secondary N) is 2. The van der Waals surface area contributed by atoms with Crippen molar-refractivity contribution in [2.75, 3.05) is 20.1 Å². The van der Waals surface area contributed by atoms with E-state index < -0.39 is 0 Å². The SMILES string of the molecule is CN(Cc1ccccc1)C(=O)CCNC(=O)NCCn1ccnc1. The van der Waals surface area contributed by atoms with Crippen molar-refractivity contribution < 1.29 is 9.59 Å². The summed E-state index contributed by atoms with van der Waals surface area (Å²) < 4.78 is 1.88. The molecule has 0 bridgehead atoms. The molecule has 7 nitrogen and oxygen atoms in total. The van der Waals surface area contributed by atoms with Gasteiger partial charge in [0, 0.05) is 52.0 Å². The fourth-order valence-electron chi connectivity index (χ4n) is 2.20. The molecule has 0 aliphatic rings. The standard InChI is InChI=1S/C17H23N5O2/c1-21(13-15-5-3-2-4-6-15)16(23)7-8-19-17(24)20-10-12-22-11-9-18-14-22/h2-6,9,11,14H,7-8,10,12-13H2,1H3,(H2,19,20,24). The van der Waals surface area contributed by atoms with Gasteiger partial charge in [-0.2, -0.15) is 0 Å². The Hall–Kier alpha value is -2.83. The third-order valence-corrected chi connectivity index (χ3v) is 3.53. The summed E-state index contributed by atoms with van der Waals surface area (Å²) in [5, 5.41) is 5.43. The molecule has 0 saturated carbocycles. The molecule has 0 unspecified atom stereocenters. The van der Waals surface area contributed by atoms with Crippen LogP contribution >= 0.6 is 0 Å². The van der Waals surface area contributed by atoms with Gasteiger partial charge in [0.25, 0.3) is 0 Å². The first kappa shape index (κ1) is 17.5. The van der Waals surface area contributed by atoms with Crippen molar-refractivity contribution in [1.29, 1.82) is 0 Å². The Morgan fingerprint density at radius 1 is 1.17 bits per heavy atom. The molecule has 1 aromatic carbocycles. The Morgan fingerprint density at radius 2 is 1.92 bits per heavy atom. The van der Waals surface area contributed by atoms with Crippen molar-refractivity contribution in [2.45, 2.75) is 19.5 Å². The van der Waals surface area contributed by atoms with Gasteiger partial charge in [-0.1, -0.05) is 30.3 Å². The van der Waals surface area contributed by atoms with Crippen LogP contribution in [-0.4, -0.2) is 46.5 Å². The van der Waals surface area contributed by atoms with Crippen LogP contribution in [0.2, 0.25) is 0 Å². The van der Waals surface area contributed by atoms with Crippen LogP contribution in [0.15, 0.2) is 49.1 Å². The second-order valence-corrected chi connectivity index (χ2v) is 5.47. The smallest absolute Gasteiger partial charge is 0.314 e. The summed E-state index contributed by atoms with van der Waals surface area (Å²) >= 11 is 0. The van der Waals surface area contributed by atoms with Crippen LogP contribution in [-0.2, 0) is 17.9 Å². The van der Waals surface area contributed by atoms with Gasteiger partial charge in [-0.15, -0.1) is 0 Å². The van der Waals surface area contributed by atoms with Gasteiger partial charge in [-0.3, -0.25) is 4.79 Å². The van der Waals surface area contributed by atoms with Gasteiger partial charge in [0.2, 0.25) is 5.91 Å². The molecule has 1 heterocycles. The largest absolute Gasteiger partial charge is 0.341 e. The van der Waals surface area contributed by atoms with E-state index in [4.69, 9.17) is 0 Å². The number of rotatable bonds is 8. The fraction of sp³-hybridized carbons (Fsp3) is 0.353. The fourth-order valence-corrected chi connectivity index (χ4v) is 2.20. The highest BCUT2D eigenvalue weighted by molar-refractivity contribution is 5.78. The van der Waals surface area contributed by atoms with Gasteiger partial charge in [0.05, 0.1) is 6.33 Å². The van der Waals surface area contributed by atoms with Crippen LogP contribution in [0.25, 0.3) is 0 Å². The molecule has 0 atom stereocenters. The summed E-state index contributed by atoms with van der Waals surface area (Å²) in [5.74, 6) is -0.00225. The van der Waals surface area contributed by atoms with Crippen LogP contribution in [0, 0.1) is 0 Å². The molecular weight excluding hydrogens is 306 g/mol. The minimum atomic E-state index is -0.270. The number of benzene rings is 1. The summed E-state index contributed by atoms with van der Waals surface area (Å²) in [6.07, 6.45) is 5.50. The number of hydrogen-bond donors (Lipinski definition) is 2. The van der Waals surface area contributed by atoms with Gasteiger partial charge in [0.15, 0.2) is 0 Å². The number of aromatic nitrogens is 2. The van der Waals surface area contributed by atoms with Gasteiger partial charge < -0.3 is 20.1 Å². The molecule has 24 heavy (non-hydrogen) atoms. The summed E-state index contributed by atoms with van der Waals surface area (Å²) in [4.78, 5) is 29.3. The molecule has 2 rings (SSSR count). The first-order valence-electron chi connectivity index (χ1n) is 7.90. The van der Waals surface area contributed by atoms with Gasteiger partial charge in [-0.05, 0) is 5.56 Å². The van der Waals surface area contributed by atoms with E-state index in [-0.39, 0.29) is 18.4 Å². The van der Waals surface area contributed by atoms with Crippen LogP contribution < -0.4 is 10.6 Å². The molecule has 0 spiro atoms. The van der Waals surface area contributed by atoms with Gasteiger partial charge in [-0.25, -0.2) is 9.78 Å². The van der Waals surface area contributed by atoms with Crippen molar-refractivity contribution >= 4 is 11.9 Å². The van der Waals surface area contributed by atoms with Gasteiger partial charge in [0.1, 0.15) is 0 Å². The summed E-state index contributed by atoms with van der Waals surface area (Å²) in [6.45, 7) is 2.04. The second-order valence-electron chi connectivity index (χ2n) is 5.47. The highest BCUT2D eigenvalue weighted by atomic mass is 16.2. The predicted octanol–water partition coefficient (Wildman–Crippen LogP) is 1.23. The number of amides is 3. The molecule has 0 radical (unpaired) electrons. The van der Waals surface area contributed by atoms with Crippen molar-refractivity contribution in [1.82, 2.24) is 25.1 Å². The van der Waals surface area contributed by atoms with Crippen LogP contribution in [0.5, 0.6) is 0 Å². The average Bonchev–Trinajstić information content (AvgIpc) is 3.09. The monoisotopic (exact) mass is 329 g/mol. The number of carbonyl (C=O) groups is 2.